The van der Waals surface area contributed by atoms with Gasteiger partial charge in [-0.05, 0) is 43.9 Å². The van der Waals surface area contributed by atoms with Gasteiger partial charge in [0.25, 0.3) is 11.8 Å². The molecule has 4 nitrogen and oxygen atoms in total. The summed E-state index contributed by atoms with van der Waals surface area (Å²) in [6.45, 7) is 0. The monoisotopic (exact) mass is 366 g/mol. The fourth-order valence-electron chi connectivity index (χ4n) is 3.87. The highest BCUT2D eigenvalue weighted by Crippen LogP contribution is 2.40. The third-order valence-corrected chi connectivity index (χ3v) is 5.35. The van der Waals surface area contributed by atoms with Crippen molar-refractivity contribution in [3.63, 3.8) is 0 Å². The molecule has 0 saturated heterocycles. The molecule has 2 aromatic carbocycles. The number of amides is 2. The lowest BCUT2D eigenvalue weighted by atomic mass is 9.88. The zero-order chi connectivity index (χ0) is 18.1. The Kier molecular flexibility index (Phi) is 4.37. The fraction of sp³-hybridized carbons (Fsp3) is 0.286. The number of hydrogen-bond donors (Lipinski definition) is 0. The van der Waals surface area contributed by atoms with Crippen molar-refractivity contribution in [2.45, 2.75) is 37.8 Å². The predicted molar refractivity (Wildman–Crippen MR) is 101 cm³/mol. The molecule has 1 aliphatic carbocycles. The van der Waals surface area contributed by atoms with Gasteiger partial charge in [-0.25, -0.2) is 4.90 Å². The molecule has 1 heterocycles. The zero-order valence-corrected chi connectivity index (χ0v) is 15.1. The van der Waals surface area contributed by atoms with Gasteiger partial charge in [-0.2, -0.15) is 0 Å². The first-order valence-corrected chi connectivity index (χ1v) is 9.28. The van der Waals surface area contributed by atoms with Gasteiger partial charge < -0.3 is 0 Å². The molecule has 0 radical (unpaired) electrons. The van der Waals surface area contributed by atoms with E-state index >= 15 is 0 Å². The maximum Gasteiger partial charge on any atom is 0.281 e. The van der Waals surface area contributed by atoms with E-state index in [-0.39, 0.29) is 11.8 Å². The minimum Gasteiger partial charge on any atom is -0.269 e. The number of carbonyl (C=O) groups excluding carboxylic acids is 2. The van der Waals surface area contributed by atoms with E-state index in [0.29, 0.717) is 29.1 Å². The predicted octanol–water partition coefficient (Wildman–Crippen LogP) is 4.47. The van der Waals surface area contributed by atoms with E-state index in [4.69, 9.17) is 16.6 Å². The number of rotatable bonds is 2. The van der Waals surface area contributed by atoms with Crippen LogP contribution in [-0.4, -0.2) is 28.1 Å². The second-order valence-corrected chi connectivity index (χ2v) is 7.26. The van der Waals surface area contributed by atoms with E-state index in [1.165, 1.54) is 4.90 Å². The quantitative estimate of drug-likeness (QED) is 0.736. The molecule has 26 heavy (non-hydrogen) atoms. The Morgan fingerprint density at radius 3 is 2.42 bits per heavy atom. The summed E-state index contributed by atoms with van der Waals surface area (Å²) in [5.74, 6) is -0.642. The van der Waals surface area contributed by atoms with Gasteiger partial charge in [0.15, 0.2) is 0 Å². The Balaban J connectivity index is 1.78. The Morgan fingerprint density at radius 1 is 1.00 bits per heavy atom. The average molecular weight is 367 g/mol. The summed E-state index contributed by atoms with van der Waals surface area (Å²) in [5.41, 5.74) is 0.784. The zero-order valence-electron chi connectivity index (χ0n) is 14.3. The fourth-order valence-corrected chi connectivity index (χ4v) is 4.06. The molecule has 132 valence electrons. The molecular formula is C21H19ClN2O2. The van der Waals surface area contributed by atoms with Crippen LogP contribution in [0.5, 0.6) is 0 Å². The topological polar surface area (TPSA) is 49.7 Å². The number of carbonyl (C=O) groups is 2. The summed E-state index contributed by atoms with van der Waals surface area (Å²) in [5, 5.41) is 0.476. The first-order valence-electron chi connectivity index (χ1n) is 8.90. The van der Waals surface area contributed by atoms with Crippen molar-refractivity contribution < 1.29 is 9.59 Å². The maximum atomic E-state index is 13.2. The summed E-state index contributed by atoms with van der Waals surface area (Å²) in [7, 11) is 0. The lowest BCUT2D eigenvalue weighted by molar-refractivity contribution is -0.125. The number of hydrogen-bond acceptors (Lipinski definition) is 3. The van der Waals surface area contributed by atoms with Crippen molar-refractivity contribution in [2.24, 2.45) is 4.99 Å². The van der Waals surface area contributed by atoms with Crippen molar-refractivity contribution in [2.75, 3.05) is 0 Å². The molecule has 1 aliphatic heterocycles. The first-order chi connectivity index (χ1) is 12.6. The third kappa shape index (κ3) is 2.84. The van der Waals surface area contributed by atoms with Gasteiger partial charge in [-0.15, -0.1) is 0 Å². The van der Waals surface area contributed by atoms with Crippen molar-refractivity contribution in [1.82, 2.24) is 4.90 Å². The minimum atomic E-state index is -0.764. The summed E-state index contributed by atoms with van der Waals surface area (Å²) in [4.78, 5) is 32.6. The Bertz CT molecular complexity index is 886. The van der Waals surface area contributed by atoms with Crippen LogP contribution in [0, 0.1) is 0 Å². The number of halogens is 1. The molecule has 0 N–H and O–H groups in total. The van der Waals surface area contributed by atoms with E-state index in [9.17, 15) is 9.59 Å². The molecule has 1 saturated carbocycles. The van der Waals surface area contributed by atoms with Crippen LogP contribution in [0.1, 0.15) is 48.0 Å². The molecule has 4 rings (SSSR count). The number of nitrogens with zero attached hydrogens (tertiary/aromatic N) is 2. The highest BCUT2D eigenvalue weighted by molar-refractivity contribution is 6.49. The molecule has 5 heteroatoms. The number of benzene rings is 2. The van der Waals surface area contributed by atoms with Crippen LogP contribution in [0.25, 0.3) is 0 Å². The van der Waals surface area contributed by atoms with Gasteiger partial charge >= 0.3 is 0 Å². The van der Waals surface area contributed by atoms with Crippen LogP contribution in [0.4, 0.5) is 0 Å². The van der Waals surface area contributed by atoms with Gasteiger partial charge in [0, 0.05) is 16.1 Å². The van der Waals surface area contributed by atoms with E-state index in [2.05, 4.69) is 0 Å². The molecule has 2 amide bonds. The molecule has 2 aromatic rings. The number of aliphatic imine (C=N–C) groups is 1. The van der Waals surface area contributed by atoms with Gasteiger partial charge in [-0.3, -0.25) is 14.6 Å². The standard InChI is InChI=1S/C21H19ClN2O2/c22-17-11-7-10-16(14-17)19(25)24-20(26)18(15-8-3-1-4-9-15)23-21(24)12-5-2-6-13-21/h1,3-4,7-11,14H,2,5-6,12-13H2. The molecule has 0 bridgehead atoms. The summed E-state index contributed by atoms with van der Waals surface area (Å²) < 4.78 is 0. The van der Waals surface area contributed by atoms with Gasteiger partial charge in [0.1, 0.15) is 11.4 Å². The van der Waals surface area contributed by atoms with Gasteiger partial charge in [-0.1, -0.05) is 54.4 Å². The third-order valence-electron chi connectivity index (χ3n) is 5.12. The molecule has 1 fully saturated rings. The lowest BCUT2D eigenvalue weighted by Gasteiger charge is -2.37. The van der Waals surface area contributed by atoms with Crippen LogP contribution in [0.3, 0.4) is 0 Å². The molecule has 0 unspecified atom stereocenters. The summed E-state index contributed by atoms with van der Waals surface area (Å²) in [6, 6.07) is 16.1. The second-order valence-electron chi connectivity index (χ2n) is 6.83. The summed E-state index contributed by atoms with van der Waals surface area (Å²) >= 11 is 6.05. The normalized spacial score (nSPS) is 18.9. The number of imide groups is 1. The minimum absolute atomic E-state index is 0.317. The molecular weight excluding hydrogens is 348 g/mol. The van der Waals surface area contributed by atoms with E-state index in [1.54, 1.807) is 24.3 Å². The second kappa shape index (κ2) is 6.69. The van der Waals surface area contributed by atoms with Crippen LogP contribution < -0.4 is 0 Å². The SMILES string of the molecule is O=C1C(c2ccccc2)=NC2(CCCCC2)N1C(=O)c1cccc(Cl)c1. The van der Waals surface area contributed by atoms with Crippen LogP contribution in [0.2, 0.25) is 5.02 Å². The molecule has 2 aliphatic rings. The highest BCUT2D eigenvalue weighted by Gasteiger charge is 2.50. The van der Waals surface area contributed by atoms with Crippen molar-refractivity contribution in [3.05, 3.63) is 70.7 Å². The Labute approximate surface area is 157 Å². The van der Waals surface area contributed by atoms with Crippen molar-refractivity contribution in [3.8, 4) is 0 Å². The highest BCUT2D eigenvalue weighted by atomic mass is 35.5. The maximum absolute atomic E-state index is 13.2. The molecule has 0 atom stereocenters. The van der Waals surface area contributed by atoms with Gasteiger partial charge in [0.2, 0.25) is 0 Å². The van der Waals surface area contributed by atoms with Gasteiger partial charge in [0.05, 0.1) is 0 Å². The van der Waals surface area contributed by atoms with E-state index in [1.807, 2.05) is 30.3 Å². The largest absolute Gasteiger partial charge is 0.281 e. The van der Waals surface area contributed by atoms with Crippen LogP contribution in [-0.2, 0) is 4.79 Å². The van der Waals surface area contributed by atoms with Crippen LogP contribution >= 0.6 is 11.6 Å². The smallest absolute Gasteiger partial charge is 0.269 e. The van der Waals surface area contributed by atoms with Crippen LogP contribution in [0.15, 0.2) is 59.6 Å². The van der Waals surface area contributed by atoms with E-state index in [0.717, 1.165) is 24.8 Å². The average Bonchev–Trinajstić information content (AvgIpc) is 2.94. The van der Waals surface area contributed by atoms with Crippen molar-refractivity contribution in [1.29, 1.82) is 0 Å². The molecule has 0 aromatic heterocycles. The lowest BCUT2D eigenvalue weighted by Crippen LogP contribution is -2.51. The Hall–Kier alpha value is -2.46. The Morgan fingerprint density at radius 2 is 1.73 bits per heavy atom. The van der Waals surface area contributed by atoms with Crippen molar-refractivity contribution >= 4 is 29.1 Å². The first kappa shape index (κ1) is 17.0. The van der Waals surface area contributed by atoms with E-state index < -0.39 is 5.66 Å². The summed E-state index contributed by atoms with van der Waals surface area (Å²) in [6.07, 6.45) is 4.43. The molecule has 1 spiro atoms.